The van der Waals surface area contributed by atoms with Crippen LogP contribution in [0.3, 0.4) is 0 Å². The average Bonchev–Trinajstić information content (AvgIpc) is 2.29. The monoisotopic (exact) mass is 258 g/mol. The average molecular weight is 258 g/mol. The fraction of sp³-hybridized carbons (Fsp3) is 1.00. The van der Waals surface area contributed by atoms with Crippen LogP contribution in [-0.4, -0.2) is 23.9 Å². The third kappa shape index (κ3) is 15.9. The molecule has 0 atom stereocenters. The highest BCUT2D eigenvalue weighted by Gasteiger charge is 2.11. The van der Waals surface area contributed by atoms with Gasteiger partial charge in [-0.25, -0.2) is 0 Å². The maximum absolute atomic E-state index is 9.45. The minimum atomic E-state index is -0.682. The largest absolute Gasteiger partial charge is 0.388 e. The van der Waals surface area contributed by atoms with Gasteiger partial charge in [0.25, 0.3) is 0 Å². The minimum absolute atomic E-state index is 0.449. The molecule has 0 bridgehead atoms. The van der Waals surface area contributed by atoms with Gasteiger partial charge in [0.2, 0.25) is 0 Å². The van der Waals surface area contributed by atoms with Crippen molar-refractivity contribution in [2.75, 3.05) is 13.2 Å². The van der Waals surface area contributed by atoms with Gasteiger partial charge >= 0.3 is 0 Å². The molecule has 2 nitrogen and oxygen atoms in total. The first-order chi connectivity index (χ1) is 8.56. The third-order valence-electron chi connectivity index (χ3n) is 3.10. The van der Waals surface area contributed by atoms with E-state index in [1.165, 1.54) is 57.8 Å². The van der Waals surface area contributed by atoms with Crippen molar-refractivity contribution in [3.63, 3.8) is 0 Å². The highest BCUT2D eigenvalue weighted by Crippen LogP contribution is 2.10. The molecule has 110 valence electrons. The summed E-state index contributed by atoms with van der Waals surface area (Å²) in [4.78, 5) is 0. The lowest BCUT2D eigenvalue weighted by atomic mass is 10.1. The Morgan fingerprint density at radius 1 is 0.778 bits per heavy atom. The molecule has 1 N–H and O–H groups in total. The van der Waals surface area contributed by atoms with Gasteiger partial charge in [0, 0.05) is 6.61 Å². The summed E-state index contributed by atoms with van der Waals surface area (Å²) in [5.41, 5.74) is -0.682. The molecule has 0 aromatic heterocycles. The number of unbranched alkanes of at least 4 members (excludes halogenated alkanes) is 9. The van der Waals surface area contributed by atoms with Crippen molar-refractivity contribution in [1.82, 2.24) is 0 Å². The van der Waals surface area contributed by atoms with Crippen LogP contribution in [0.1, 0.15) is 85.0 Å². The molecule has 2 heteroatoms. The molecule has 18 heavy (non-hydrogen) atoms. The maximum atomic E-state index is 9.45. The smallest absolute Gasteiger partial charge is 0.0824 e. The Labute approximate surface area is 114 Å². The summed E-state index contributed by atoms with van der Waals surface area (Å²) in [6.07, 6.45) is 13.5. The van der Waals surface area contributed by atoms with E-state index in [9.17, 15) is 5.11 Å². The Morgan fingerprint density at radius 2 is 1.22 bits per heavy atom. The molecule has 0 heterocycles. The molecule has 0 saturated carbocycles. The second kappa shape index (κ2) is 12.0. The molecular formula is C16H34O2. The Morgan fingerprint density at radius 3 is 1.67 bits per heavy atom. The Kier molecular flexibility index (Phi) is 11.9. The molecule has 0 radical (unpaired) electrons. The summed E-state index contributed by atoms with van der Waals surface area (Å²) >= 11 is 0. The van der Waals surface area contributed by atoms with Crippen LogP contribution in [0.5, 0.6) is 0 Å². The molecule has 0 aliphatic heterocycles. The maximum Gasteiger partial charge on any atom is 0.0824 e. The summed E-state index contributed by atoms with van der Waals surface area (Å²) in [5.74, 6) is 0. The van der Waals surface area contributed by atoms with Crippen molar-refractivity contribution >= 4 is 0 Å². The zero-order valence-corrected chi connectivity index (χ0v) is 12.8. The second-order valence-corrected chi connectivity index (χ2v) is 6.05. The van der Waals surface area contributed by atoms with Gasteiger partial charge in [-0.05, 0) is 20.3 Å². The number of rotatable bonds is 13. The zero-order chi connectivity index (χ0) is 13.7. The molecule has 0 amide bonds. The molecule has 0 aromatic carbocycles. The van der Waals surface area contributed by atoms with E-state index in [0.29, 0.717) is 6.61 Å². The Balaban J connectivity index is 2.99. The number of hydrogen-bond donors (Lipinski definition) is 1. The van der Waals surface area contributed by atoms with Gasteiger partial charge in [-0.1, -0.05) is 64.7 Å². The first-order valence-corrected chi connectivity index (χ1v) is 7.86. The lowest BCUT2D eigenvalue weighted by molar-refractivity contribution is -0.0216. The summed E-state index contributed by atoms with van der Waals surface area (Å²) in [6.45, 7) is 7.07. The van der Waals surface area contributed by atoms with Crippen molar-refractivity contribution in [2.45, 2.75) is 90.6 Å². The van der Waals surface area contributed by atoms with Gasteiger partial charge in [0.15, 0.2) is 0 Å². The van der Waals surface area contributed by atoms with Crippen molar-refractivity contribution in [1.29, 1.82) is 0 Å². The SMILES string of the molecule is CCCCCCCCCCCCOCC(C)(C)O. The van der Waals surface area contributed by atoms with Crippen LogP contribution < -0.4 is 0 Å². The van der Waals surface area contributed by atoms with Gasteiger partial charge in [-0.2, -0.15) is 0 Å². The van der Waals surface area contributed by atoms with Crippen LogP contribution in [0, 0.1) is 0 Å². The van der Waals surface area contributed by atoms with Crippen LogP contribution in [0.15, 0.2) is 0 Å². The topological polar surface area (TPSA) is 29.5 Å². The third-order valence-corrected chi connectivity index (χ3v) is 3.10. The van der Waals surface area contributed by atoms with E-state index < -0.39 is 5.60 Å². The van der Waals surface area contributed by atoms with Crippen LogP contribution in [0.4, 0.5) is 0 Å². The van der Waals surface area contributed by atoms with Gasteiger partial charge in [0.1, 0.15) is 0 Å². The van der Waals surface area contributed by atoms with Crippen molar-refractivity contribution in [2.24, 2.45) is 0 Å². The molecule has 0 spiro atoms. The quantitative estimate of drug-likeness (QED) is 0.485. The Bertz CT molecular complexity index is 161. The first kappa shape index (κ1) is 17.9. The van der Waals surface area contributed by atoms with E-state index in [-0.39, 0.29) is 0 Å². The lowest BCUT2D eigenvalue weighted by Gasteiger charge is -2.16. The molecule has 0 unspecified atom stereocenters. The predicted octanol–water partition coefficient (Wildman–Crippen LogP) is 4.69. The zero-order valence-electron chi connectivity index (χ0n) is 12.8. The molecule has 0 aliphatic rings. The van der Waals surface area contributed by atoms with Gasteiger partial charge in [-0.15, -0.1) is 0 Å². The van der Waals surface area contributed by atoms with E-state index in [1.54, 1.807) is 13.8 Å². The van der Waals surface area contributed by atoms with Gasteiger partial charge in [-0.3, -0.25) is 0 Å². The van der Waals surface area contributed by atoms with E-state index in [1.807, 2.05) is 0 Å². The van der Waals surface area contributed by atoms with Crippen LogP contribution in [0.2, 0.25) is 0 Å². The summed E-state index contributed by atoms with van der Waals surface area (Å²) in [7, 11) is 0. The molecule has 0 aromatic rings. The normalized spacial score (nSPS) is 12.0. The van der Waals surface area contributed by atoms with E-state index in [2.05, 4.69) is 6.92 Å². The number of hydrogen-bond acceptors (Lipinski definition) is 2. The molecule has 0 aliphatic carbocycles. The lowest BCUT2D eigenvalue weighted by Crippen LogP contribution is -2.26. The van der Waals surface area contributed by atoms with Crippen LogP contribution in [0.25, 0.3) is 0 Å². The first-order valence-electron chi connectivity index (χ1n) is 7.86. The Hall–Kier alpha value is -0.0800. The fourth-order valence-electron chi connectivity index (χ4n) is 2.01. The molecule has 0 fully saturated rings. The van der Waals surface area contributed by atoms with E-state index in [4.69, 9.17) is 4.74 Å². The fourth-order valence-corrected chi connectivity index (χ4v) is 2.01. The number of aliphatic hydroxyl groups is 1. The van der Waals surface area contributed by atoms with Crippen molar-refractivity contribution in [3.05, 3.63) is 0 Å². The van der Waals surface area contributed by atoms with Gasteiger partial charge < -0.3 is 9.84 Å². The summed E-state index contributed by atoms with van der Waals surface area (Å²) in [5, 5.41) is 9.45. The summed E-state index contributed by atoms with van der Waals surface area (Å²) < 4.78 is 5.42. The van der Waals surface area contributed by atoms with E-state index >= 15 is 0 Å². The highest BCUT2D eigenvalue weighted by molar-refractivity contribution is 4.62. The second-order valence-electron chi connectivity index (χ2n) is 6.05. The van der Waals surface area contributed by atoms with Crippen molar-refractivity contribution in [3.8, 4) is 0 Å². The van der Waals surface area contributed by atoms with Crippen molar-refractivity contribution < 1.29 is 9.84 Å². The number of ether oxygens (including phenoxy) is 1. The van der Waals surface area contributed by atoms with Gasteiger partial charge in [0.05, 0.1) is 12.2 Å². The van der Waals surface area contributed by atoms with E-state index in [0.717, 1.165) is 13.0 Å². The molecular weight excluding hydrogens is 224 g/mol. The highest BCUT2D eigenvalue weighted by atomic mass is 16.5. The summed E-state index contributed by atoms with van der Waals surface area (Å²) in [6, 6.07) is 0. The van der Waals surface area contributed by atoms with Crippen LogP contribution in [-0.2, 0) is 4.74 Å². The molecule has 0 rings (SSSR count). The minimum Gasteiger partial charge on any atom is -0.388 e. The standard InChI is InChI=1S/C16H34O2/c1-4-5-6-7-8-9-10-11-12-13-14-18-15-16(2,3)17/h17H,4-15H2,1-3H3. The molecule has 0 saturated heterocycles. The van der Waals surface area contributed by atoms with Crippen LogP contribution >= 0.6 is 0 Å². The predicted molar refractivity (Wildman–Crippen MR) is 79.0 cm³/mol.